The fourth-order valence-electron chi connectivity index (χ4n) is 6.06. The van der Waals surface area contributed by atoms with E-state index in [0.717, 1.165) is 56.2 Å². The van der Waals surface area contributed by atoms with E-state index in [0.29, 0.717) is 42.3 Å². The summed E-state index contributed by atoms with van der Waals surface area (Å²) in [6.45, 7) is 14.8. The zero-order valence-corrected chi connectivity index (χ0v) is 34.6. The van der Waals surface area contributed by atoms with Crippen molar-refractivity contribution in [1.29, 1.82) is 0 Å². The molecule has 1 amide bonds. The average Bonchev–Trinajstić information content (AvgIpc) is 3.88. The Labute approximate surface area is 336 Å². The molecule has 0 radical (unpaired) electrons. The van der Waals surface area contributed by atoms with Crippen molar-refractivity contribution in [2.75, 3.05) is 13.2 Å². The molecule has 3 aromatic carbocycles. The number of alkyl carbamates (subject to hydrolysis) is 1. The first kappa shape index (κ1) is 41.9. The fraction of sp³-hybridized carbons (Fsp3) is 0.372. The van der Waals surface area contributed by atoms with Crippen LogP contribution in [0, 0.1) is 11.8 Å². The van der Waals surface area contributed by atoms with E-state index >= 15 is 0 Å². The molecule has 3 N–H and O–H groups in total. The highest BCUT2D eigenvalue weighted by Crippen LogP contribution is 2.36. The van der Waals surface area contributed by atoms with Crippen molar-refractivity contribution in [3.05, 3.63) is 95.9 Å². The lowest BCUT2D eigenvalue weighted by molar-refractivity contribution is 0.0480. The van der Waals surface area contributed by atoms with Crippen LogP contribution in [0.5, 0.6) is 11.5 Å². The number of rotatable bonds is 14. The Hall–Kier alpha value is -5.27. The number of amides is 1. The van der Waals surface area contributed by atoms with Crippen molar-refractivity contribution in [2.24, 2.45) is 17.6 Å². The van der Waals surface area contributed by atoms with Crippen LogP contribution in [-0.2, 0) is 4.74 Å². The summed E-state index contributed by atoms with van der Waals surface area (Å²) in [5.74, 6) is 3.56. The molecular weight excluding hydrogens is 776 g/mol. The molecule has 13 heteroatoms. The number of carbonyl (C=O) groups excluding carboxylic acids is 1. The third-order valence-electron chi connectivity index (χ3n) is 8.33. The van der Waals surface area contributed by atoms with Crippen LogP contribution in [0.2, 0.25) is 0 Å². The van der Waals surface area contributed by atoms with Gasteiger partial charge in [-0.2, -0.15) is 10.2 Å². The molecule has 0 fully saturated rings. The number of aromatic nitrogens is 4. The van der Waals surface area contributed by atoms with Crippen LogP contribution in [0.15, 0.2) is 105 Å². The molecule has 3 heterocycles. The van der Waals surface area contributed by atoms with Crippen molar-refractivity contribution >= 4 is 32.9 Å². The zero-order chi connectivity index (χ0) is 40.2. The SMILES string of the molecule is CC(C)C[C@@H](COc1ccc(Br)cc1-c1ccno1)NC(=O)OC(C)(C)C.CC(C)C[C@H](N)COc1ccc(-c2cnnc3ccccc23)cc1-c1ccno1. The number of carbonyl (C=O) groups is 1. The number of hydrogen-bond acceptors (Lipinski definition) is 11. The Morgan fingerprint density at radius 1 is 0.804 bits per heavy atom. The molecule has 6 rings (SSSR count). The Kier molecular flexibility index (Phi) is 14.6. The third-order valence-corrected chi connectivity index (χ3v) is 8.82. The molecule has 0 spiro atoms. The second kappa shape index (κ2) is 19.5. The third kappa shape index (κ3) is 12.4. The van der Waals surface area contributed by atoms with Crippen molar-refractivity contribution in [3.63, 3.8) is 0 Å². The van der Waals surface area contributed by atoms with Gasteiger partial charge in [0.1, 0.15) is 30.3 Å². The van der Waals surface area contributed by atoms with Crippen molar-refractivity contribution in [3.8, 4) is 45.3 Å². The molecule has 6 aromatic rings. The summed E-state index contributed by atoms with van der Waals surface area (Å²) in [5, 5.41) is 19.9. The molecule has 296 valence electrons. The molecule has 0 saturated carbocycles. The summed E-state index contributed by atoms with van der Waals surface area (Å²) in [6.07, 6.45) is 6.23. The monoisotopic (exact) mass is 826 g/mol. The molecule has 0 aliphatic carbocycles. The van der Waals surface area contributed by atoms with E-state index in [1.165, 1.54) is 0 Å². The van der Waals surface area contributed by atoms with Gasteiger partial charge in [0.25, 0.3) is 0 Å². The van der Waals surface area contributed by atoms with E-state index < -0.39 is 11.7 Å². The van der Waals surface area contributed by atoms with E-state index in [9.17, 15) is 4.79 Å². The summed E-state index contributed by atoms with van der Waals surface area (Å²) >= 11 is 3.46. The van der Waals surface area contributed by atoms with Gasteiger partial charge in [-0.25, -0.2) is 4.79 Å². The first-order valence-corrected chi connectivity index (χ1v) is 19.5. The lowest BCUT2D eigenvalue weighted by Gasteiger charge is -2.25. The van der Waals surface area contributed by atoms with Gasteiger partial charge in [-0.1, -0.05) is 78.2 Å². The molecule has 0 bridgehead atoms. The predicted octanol–water partition coefficient (Wildman–Crippen LogP) is 10.1. The smallest absolute Gasteiger partial charge is 0.407 e. The summed E-state index contributed by atoms with van der Waals surface area (Å²) in [6, 6.07) is 23.0. The van der Waals surface area contributed by atoms with E-state index in [-0.39, 0.29) is 12.1 Å². The van der Waals surface area contributed by atoms with Gasteiger partial charge in [0.2, 0.25) is 0 Å². The van der Waals surface area contributed by atoms with Crippen molar-refractivity contribution < 1.29 is 28.1 Å². The first-order chi connectivity index (χ1) is 26.8. The van der Waals surface area contributed by atoms with Crippen LogP contribution >= 0.6 is 15.9 Å². The number of benzene rings is 3. The second-order valence-electron chi connectivity index (χ2n) is 15.4. The summed E-state index contributed by atoms with van der Waals surface area (Å²) in [5.41, 5.74) is 10.1. The maximum absolute atomic E-state index is 12.1. The molecular formula is C43H51BrN6O6. The summed E-state index contributed by atoms with van der Waals surface area (Å²) in [4.78, 5) is 12.1. The van der Waals surface area contributed by atoms with Crippen LogP contribution in [0.4, 0.5) is 4.79 Å². The highest BCUT2D eigenvalue weighted by molar-refractivity contribution is 9.10. The lowest BCUT2D eigenvalue weighted by atomic mass is 9.99. The molecule has 2 atom stereocenters. The number of ether oxygens (including phenoxy) is 3. The Balaban J connectivity index is 0.000000215. The highest BCUT2D eigenvalue weighted by atomic mass is 79.9. The molecule has 0 unspecified atom stereocenters. The van der Waals surface area contributed by atoms with Crippen LogP contribution in [0.3, 0.4) is 0 Å². The largest absolute Gasteiger partial charge is 0.491 e. The minimum absolute atomic E-state index is 0.0226. The average molecular weight is 828 g/mol. The maximum Gasteiger partial charge on any atom is 0.407 e. The standard InChI is InChI=1S/C23H24N4O2.C20H27BrN2O4/c1-15(2)11-17(24)14-28-22-8-7-16(12-19(22)23-9-10-26-29-23)20-13-25-27-21-6-4-3-5-18(20)21;1-13(2)10-15(23-19(24)26-20(3,4)5)12-25-17-7-6-14(21)11-16(17)18-8-9-22-27-18/h3-10,12-13,15,17H,11,14,24H2,1-2H3;6-9,11,13,15H,10,12H2,1-5H3,(H,23,24)/t17-;15-/m00/s1. The van der Waals surface area contributed by atoms with Crippen molar-refractivity contribution in [2.45, 2.75) is 79.0 Å². The maximum atomic E-state index is 12.1. The number of fused-ring (bicyclic) bond motifs is 1. The molecule has 56 heavy (non-hydrogen) atoms. The minimum atomic E-state index is -0.543. The van der Waals surface area contributed by atoms with E-state index in [4.69, 9.17) is 29.0 Å². The summed E-state index contributed by atoms with van der Waals surface area (Å²) < 4.78 is 29.1. The number of nitrogens with two attached hydrogens (primary N) is 1. The number of halogens is 1. The zero-order valence-electron chi connectivity index (χ0n) is 33.0. The van der Waals surface area contributed by atoms with Crippen LogP contribution in [-0.4, -0.2) is 57.5 Å². The van der Waals surface area contributed by atoms with Gasteiger partial charge < -0.3 is 34.3 Å². The predicted molar refractivity (Wildman–Crippen MR) is 221 cm³/mol. The lowest BCUT2D eigenvalue weighted by Crippen LogP contribution is -2.42. The van der Waals surface area contributed by atoms with Gasteiger partial charge in [-0.05, 0) is 87.4 Å². The van der Waals surface area contributed by atoms with E-state index in [1.807, 2.05) is 87.5 Å². The van der Waals surface area contributed by atoms with Gasteiger partial charge in [0.05, 0.1) is 41.3 Å². The molecule has 0 saturated heterocycles. The summed E-state index contributed by atoms with van der Waals surface area (Å²) in [7, 11) is 0. The Morgan fingerprint density at radius 3 is 2.05 bits per heavy atom. The number of hydrogen-bond donors (Lipinski definition) is 2. The van der Waals surface area contributed by atoms with E-state index in [2.05, 4.69) is 69.5 Å². The van der Waals surface area contributed by atoms with E-state index in [1.54, 1.807) is 24.7 Å². The molecule has 12 nitrogen and oxygen atoms in total. The van der Waals surface area contributed by atoms with Crippen LogP contribution < -0.4 is 20.5 Å². The van der Waals surface area contributed by atoms with Crippen molar-refractivity contribution in [1.82, 2.24) is 25.8 Å². The first-order valence-electron chi connectivity index (χ1n) is 18.7. The Bertz CT molecular complexity index is 2130. The van der Waals surface area contributed by atoms with Crippen LogP contribution in [0.1, 0.15) is 61.3 Å². The molecule has 0 aliphatic heterocycles. The topological polar surface area (TPSA) is 161 Å². The highest BCUT2D eigenvalue weighted by Gasteiger charge is 2.22. The van der Waals surface area contributed by atoms with Gasteiger partial charge in [0.15, 0.2) is 11.5 Å². The number of nitrogens with one attached hydrogen (secondary N) is 1. The fourth-order valence-corrected chi connectivity index (χ4v) is 6.42. The quantitative estimate of drug-likeness (QED) is 0.108. The van der Waals surface area contributed by atoms with Gasteiger partial charge in [-0.15, -0.1) is 0 Å². The number of nitrogens with zero attached hydrogens (tertiary/aromatic N) is 4. The minimum Gasteiger partial charge on any atom is -0.491 e. The van der Waals surface area contributed by atoms with Gasteiger partial charge >= 0.3 is 6.09 Å². The van der Waals surface area contributed by atoms with Gasteiger partial charge in [-0.3, -0.25) is 0 Å². The molecule has 3 aromatic heterocycles. The second-order valence-corrected chi connectivity index (χ2v) is 16.3. The molecule has 0 aliphatic rings. The Morgan fingerprint density at radius 2 is 1.43 bits per heavy atom. The van der Waals surface area contributed by atoms with Gasteiger partial charge in [0, 0.05) is 33.6 Å². The van der Waals surface area contributed by atoms with Crippen LogP contribution in [0.25, 0.3) is 44.7 Å². The normalized spacial score (nSPS) is 12.6.